The van der Waals surface area contributed by atoms with Gasteiger partial charge in [-0.2, -0.15) is 0 Å². The number of ether oxygens (including phenoxy) is 3. The fraction of sp³-hybridized carbons (Fsp3) is 0.375. The molecular weight excluding hydrogens is 476 g/mol. The summed E-state index contributed by atoms with van der Waals surface area (Å²) in [5, 5.41) is 3.52. The van der Waals surface area contributed by atoms with Gasteiger partial charge in [-0.1, -0.05) is 40.2 Å². The first-order valence-electron chi connectivity index (χ1n) is 10.5. The van der Waals surface area contributed by atoms with E-state index in [2.05, 4.69) is 45.3 Å². The number of halogens is 1. The Labute approximate surface area is 196 Å². The molecule has 3 atom stereocenters. The van der Waals surface area contributed by atoms with E-state index in [0.717, 1.165) is 47.6 Å². The average molecular weight is 501 g/mol. The number of anilines is 1. The molecule has 0 amide bonds. The third-order valence-electron chi connectivity index (χ3n) is 6.49. The SMILES string of the molecule is COc1cc(Br)c2c3c1O[C@H]1C[C@@H](OC(=S)Nc4ccccc4)C=C[C@@]31CCN(C)C2. The Morgan fingerprint density at radius 3 is 2.90 bits per heavy atom. The van der Waals surface area contributed by atoms with E-state index in [1.807, 2.05) is 36.4 Å². The van der Waals surface area contributed by atoms with E-state index >= 15 is 0 Å². The van der Waals surface area contributed by atoms with Gasteiger partial charge in [0.25, 0.3) is 5.17 Å². The molecule has 2 aromatic carbocycles. The van der Waals surface area contributed by atoms with Crippen LogP contribution in [-0.4, -0.2) is 43.0 Å². The molecule has 1 spiro atoms. The van der Waals surface area contributed by atoms with Crippen molar-refractivity contribution in [3.05, 3.63) is 64.1 Å². The van der Waals surface area contributed by atoms with Crippen LogP contribution in [0.15, 0.2) is 53.0 Å². The van der Waals surface area contributed by atoms with Gasteiger partial charge < -0.3 is 24.4 Å². The van der Waals surface area contributed by atoms with E-state index in [9.17, 15) is 0 Å². The van der Waals surface area contributed by atoms with Crippen LogP contribution < -0.4 is 14.8 Å². The van der Waals surface area contributed by atoms with Crippen LogP contribution in [0.3, 0.4) is 0 Å². The third-order valence-corrected chi connectivity index (χ3v) is 7.39. The van der Waals surface area contributed by atoms with Crippen molar-refractivity contribution in [3.8, 4) is 11.5 Å². The van der Waals surface area contributed by atoms with Crippen LogP contribution >= 0.6 is 28.1 Å². The zero-order valence-electron chi connectivity index (χ0n) is 17.6. The molecule has 0 radical (unpaired) electrons. The van der Waals surface area contributed by atoms with Crippen molar-refractivity contribution in [3.63, 3.8) is 0 Å². The van der Waals surface area contributed by atoms with Crippen LogP contribution in [0, 0.1) is 0 Å². The van der Waals surface area contributed by atoms with Gasteiger partial charge in [-0.25, -0.2) is 0 Å². The first kappa shape index (κ1) is 20.8. The highest BCUT2D eigenvalue weighted by Gasteiger charge is 2.53. The minimum absolute atomic E-state index is 0.0227. The summed E-state index contributed by atoms with van der Waals surface area (Å²) in [7, 11) is 3.86. The minimum Gasteiger partial charge on any atom is -0.493 e. The van der Waals surface area contributed by atoms with Gasteiger partial charge in [-0.3, -0.25) is 0 Å². The summed E-state index contributed by atoms with van der Waals surface area (Å²) < 4.78 is 19.4. The summed E-state index contributed by atoms with van der Waals surface area (Å²) in [5.41, 5.74) is 3.27. The highest BCUT2D eigenvalue weighted by molar-refractivity contribution is 9.10. The molecule has 0 unspecified atom stereocenters. The second kappa shape index (κ2) is 8.11. The monoisotopic (exact) mass is 500 g/mol. The number of para-hydroxylation sites is 1. The number of nitrogens with one attached hydrogen (secondary N) is 1. The lowest BCUT2D eigenvalue weighted by Gasteiger charge is -2.37. The molecule has 2 aliphatic heterocycles. The maximum Gasteiger partial charge on any atom is 0.261 e. The largest absolute Gasteiger partial charge is 0.493 e. The van der Waals surface area contributed by atoms with Crippen molar-refractivity contribution in [2.24, 2.45) is 0 Å². The molecule has 31 heavy (non-hydrogen) atoms. The molecule has 5 rings (SSSR count). The Balaban J connectivity index is 1.44. The molecule has 0 bridgehead atoms. The second-order valence-corrected chi connectivity index (χ2v) is 9.63. The second-order valence-electron chi connectivity index (χ2n) is 8.41. The van der Waals surface area contributed by atoms with Gasteiger partial charge in [0.2, 0.25) is 0 Å². The van der Waals surface area contributed by atoms with Crippen LogP contribution in [0.5, 0.6) is 11.5 Å². The van der Waals surface area contributed by atoms with Crippen LogP contribution in [0.2, 0.25) is 0 Å². The maximum atomic E-state index is 6.56. The normalized spacial score (nSPS) is 26.3. The summed E-state index contributed by atoms with van der Waals surface area (Å²) in [4.78, 5) is 2.37. The molecule has 0 fully saturated rings. The molecule has 0 saturated heterocycles. The average Bonchev–Trinajstić information content (AvgIpc) is 3.01. The lowest BCUT2D eigenvalue weighted by Crippen LogP contribution is -2.44. The first-order valence-corrected chi connectivity index (χ1v) is 11.7. The fourth-order valence-corrected chi connectivity index (χ4v) is 5.75. The molecule has 2 heterocycles. The summed E-state index contributed by atoms with van der Waals surface area (Å²) in [6, 6.07) is 11.8. The Kier molecular flexibility index (Phi) is 5.44. The predicted octanol–water partition coefficient (Wildman–Crippen LogP) is 5.03. The van der Waals surface area contributed by atoms with Gasteiger partial charge in [0.05, 0.1) is 12.5 Å². The molecule has 2 aromatic rings. The van der Waals surface area contributed by atoms with E-state index in [1.165, 1.54) is 11.1 Å². The third kappa shape index (κ3) is 3.62. The van der Waals surface area contributed by atoms with Crippen LogP contribution in [0.25, 0.3) is 0 Å². The lowest BCUT2D eigenvalue weighted by atomic mass is 9.69. The molecule has 3 aliphatic rings. The zero-order valence-corrected chi connectivity index (χ0v) is 20.0. The van der Waals surface area contributed by atoms with Crippen molar-refractivity contribution in [1.82, 2.24) is 4.90 Å². The number of thiocarbonyl (C=S) groups is 1. The van der Waals surface area contributed by atoms with E-state index in [1.54, 1.807) is 7.11 Å². The molecule has 0 saturated carbocycles. The Morgan fingerprint density at radius 1 is 1.32 bits per heavy atom. The van der Waals surface area contributed by atoms with Crippen molar-refractivity contribution in [2.45, 2.75) is 37.0 Å². The molecule has 1 N–H and O–H groups in total. The van der Waals surface area contributed by atoms with Crippen molar-refractivity contribution >= 4 is 39.0 Å². The van der Waals surface area contributed by atoms with Gasteiger partial charge in [-0.15, -0.1) is 0 Å². The van der Waals surface area contributed by atoms with Gasteiger partial charge in [0, 0.05) is 28.7 Å². The number of hydrogen-bond acceptors (Lipinski definition) is 5. The molecule has 5 nitrogen and oxygen atoms in total. The summed E-state index contributed by atoms with van der Waals surface area (Å²) in [6.07, 6.45) is 5.99. The number of rotatable bonds is 3. The number of methoxy groups -OCH3 is 1. The summed E-state index contributed by atoms with van der Waals surface area (Å²) in [6.45, 7) is 1.87. The van der Waals surface area contributed by atoms with Gasteiger partial charge in [0.15, 0.2) is 11.5 Å². The van der Waals surface area contributed by atoms with Crippen LogP contribution in [-0.2, 0) is 16.7 Å². The predicted molar refractivity (Wildman–Crippen MR) is 129 cm³/mol. The van der Waals surface area contributed by atoms with Crippen LogP contribution in [0.4, 0.5) is 5.69 Å². The van der Waals surface area contributed by atoms with Crippen molar-refractivity contribution < 1.29 is 14.2 Å². The topological polar surface area (TPSA) is 43.0 Å². The highest BCUT2D eigenvalue weighted by Crippen LogP contribution is 2.57. The van der Waals surface area contributed by atoms with Gasteiger partial charge in [0.1, 0.15) is 12.2 Å². The van der Waals surface area contributed by atoms with Gasteiger partial charge in [-0.05, 0) is 62.1 Å². The minimum atomic E-state index is -0.180. The van der Waals surface area contributed by atoms with E-state index < -0.39 is 0 Å². The molecule has 1 aliphatic carbocycles. The molecule has 162 valence electrons. The number of nitrogens with zero attached hydrogens (tertiary/aromatic N) is 1. The van der Waals surface area contributed by atoms with Crippen molar-refractivity contribution in [1.29, 1.82) is 0 Å². The van der Waals surface area contributed by atoms with Crippen molar-refractivity contribution in [2.75, 3.05) is 26.0 Å². The van der Waals surface area contributed by atoms with Crippen LogP contribution in [0.1, 0.15) is 24.0 Å². The Morgan fingerprint density at radius 2 is 2.13 bits per heavy atom. The molecule has 7 heteroatoms. The van der Waals surface area contributed by atoms with E-state index in [0.29, 0.717) is 5.17 Å². The zero-order chi connectivity index (χ0) is 21.6. The fourth-order valence-electron chi connectivity index (χ4n) is 4.98. The number of hydrogen-bond donors (Lipinski definition) is 1. The van der Waals surface area contributed by atoms with Gasteiger partial charge >= 0.3 is 0 Å². The molecular formula is C24H25BrN2O3S. The summed E-state index contributed by atoms with van der Waals surface area (Å²) >= 11 is 9.23. The van der Waals surface area contributed by atoms with E-state index in [-0.39, 0.29) is 17.6 Å². The number of benzene rings is 2. The molecule has 0 aromatic heterocycles. The Bertz CT molecular complexity index is 1040. The summed E-state index contributed by atoms with van der Waals surface area (Å²) in [5.74, 6) is 1.65. The highest BCUT2D eigenvalue weighted by atomic mass is 79.9. The standard InChI is InChI=1S/C24H25BrN2O3S/c1-27-11-10-24-9-8-16(29-23(31)26-15-6-4-3-5-7-15)12-20(24)30-22-19(28-2)13-18(25)17(14-27)21(22)24/h3-9,13,16,20H,10-12,14H2,1-2H3,(H,26,31)/t16-,20-,24-/m0/s1. The van der Waals surface area contributed by atoms with E-state index in [4.69, 9.17) is 26.4 Å². The Hall–Kier alpha value is -2.09. The first-order chi connectivity index (χ1) is 15.0. The quantitative estimate of drug-likeness (QED) is 0.470. The maximum absolute atomic E-state index is 6.56. The smallest absolute Gasteiger partial charge is 0.261 e. The lowest BCUT2D eigenvalue weighted by molar-refractivity contribution is 0.0887.